The molecule has 0 aliphatic rings. The highest BCUT2D eigenvalue weighted by Crippen LogP contribution is 2.22. The van der Waals surface area contributed by atoms with Crippen LogP contribution in [-0.4, -0.2) is 27.0 Å². The van der Waals surface area contributed by atoms with Gasteiger partial charge in [-0.05, 0) is 12.1 Å². The number of rotatable bonds is 4. The average molecular weight is 352 g/mol. The Labute approximate surface area is 120 Å². The molecule has 0 bridgehead atoms. The summed E-state index contributed by atoms with van der Waals surface area (Å²) >= 11 is 0. The van der Waals surface area contributed by atoms with E-state index >= 15 is 0 Å². The van der Waals surface area contributed by atoms with Gasteiger partial charge in [-0.1, -0.05) is 0 Å². The number of carbonyl (C=O) groups excluding carboxylic acids is 1. The summed E-state index contributed by atoms with van der Waals surface area (Å²) < 4.78 is 84.3. The van der Waals surface area contributed by atoms with Crippen LogP contribution >= 0.6 is 10.7 Å². The van der Waals surface area contributed by atoms with Crippen molar-refractivity contribution in [1.29, 1.82) is 0 Å². The molecule has 4 nitrogen and oxygen atoms in total. The van der Waals surface area contributed by atoms with E-state index < -0.39 is 56.2 Å². The second kappa shape index (κ2) is 6.14. The predicted octanol–water partition coefficient (Wildman–Crippen LogP) is 2.57. The number of hydrogen-bond donors (Lipinski definition) is 1. The molecule has 0 saturated carbocycles. The average Bonchev–Trinajstić information content (AvgIpc) is 2.29. The van der Waals surface area contributed by atoms with Crippen molar-refractivity contribution in [2.75, 3.05) is 6.54 Å². The SMILES string of the molecule is O=C(NCCC(F)(F)F)c1cc(S(=O)(=O)Cl)cc(F)c1F. The standard InChI is InChI=1S/C10H7ClF5NO3S/c11-21(19,20)5-3-6(8(13)7(12)4-5)9(18)17-2-1-10(14,15)16/h3-4H,1-2H2,(H,17,18). The molecule has 1 amide bonds. The number of halogens is 6. The molecule has 0 spiro atoms. The Hall–Kier alpha value is -1.42. The molecule has 0 aromatic heterocycles. The highest BCUT2D eigenvalue weighted by Gasteiger charge is 2.27. The summed E-state index contributed by atoms with van der Waals surface area (Å²) in [6.07, 6.45) is -5.92. The first-order valence-corrected chi connectivity index (χ1v) is 7.51. The second-order valence-corrected chi connectivity index (χ2v) is 6.39. The van der Waals surface area contributed by atoms with Crippen LogP contribution in [0.25, 0.3) is 0 Å². The minimum Gasteiger partial charge on any atom is -0.352 e. The molecular weight excluding hydrogens is 345 g/mol. The van der Waals surface area contributed by atoms with Crippen LogP contribution in [0.1, 0.15) is 16.8 Å². The van der Waals surface area contributed by atoms with E-state index in [1.54, 1.807) is 5.32 Å². The third-order valence-corrected chi connectivity index (χ3v) is 3.56. The quantitative estimate of drug-likeness (QED) is 0.670. The van der Waals surface area contributed by atoms with Gasteiger partial charge in [-0.15, -0.1) is 0 Å². The summed E-state index contributed by atoms with van der Waals surface area (Å²) in [5.74, 6) is -4.75. The molecule has 21 heavy (non-hydrogen) atoms. The van der Waals surface area contributed by atoms with E-state index in [0.717, 1.165) is 0 Å². The fraction of sp³-hybridized carbons (Fsp3) is 0.300. The highest BCUT2D eigenvalue weighted by molar-refractivity contribution is 8.13. The molecule has 0 radical (unpaired) electrons. The first-order valence-electron chi connectivity index (χ1n) is 5.20. The van der Waals surface area contributed by atoms with Gasteiger partial charge in [0, 0.05) is 17.2 Å². The molecule has 0 fully saturated rings. The minimum absolute atomic E-state index is 0.254. The van der Waals surface area contributed by atoms with Crippen LogP contribution in [-0.2, 0) is 9.05 Å². The summed E-state index contributed by atoms with van der Waals surface area (Å²) in [6, 6.07) is 0.688. The van der Waals surface area contributed by atoms with Gasteiger partial charge in [0.2, 0.25) is 0 Å². The largest absolute Gasteiger partial charge is 0.390 e. The molecule has 0 heterocycles. The van der Waals surface area contributed by atoms with E-state index in [4.69, 9.17) is 10.7 Å². The zero-order chi connectivity index (χ0) is 16.4. The molecule has 11 heteroatoms. The van der Waals surface area contributed by atoms with Gasteiger partial charge in [0.15, 0.2) is 11.6 Å². The number of amides is 1. The number of nitrogens with one attached hydrogen (secondary N) is 1. The summed E-state index contributed by atoms with van der Waals surface area (Å²) in [5.41, 5.74) is -1.06. The Morgan fingerprint density at radius 1 is 1.24 bits per heavy atom. The topological polar surface area (TPSA) is 63.2 Å². The molecule has 0 aliphatic heterocycles. The van der Waals surface area contributed by atoms with E-state index in [-0.39, 0.29) is 6.07 Å². The van der Waals surface area contributed by atoms with Crippen LogP contribution in [0.15, 0.2) is 17.0 Å². The van der Waals surface area contributed by atoms with Gasteiger partial charge < -0.3 is 5.32 Å². The van der Waals surface area contributed by atoms with E-state index in [1.807, 2.05) is 0 Å². The van der Waals surface area contributed by atoms with E-state index in [2.05, 4.69) is 0 Å². The molecule has 1 aromatic rings. The fourth-order valence-corrected chi connectivity index (χ4v) is 2.05. The molecule has 118 valence electrons. The van der Waals surface area contributed by atoms with Crippen molar-refractivity contribution < 1.29 is 35.2 Å². The van der Waals surface area contributed by atoms with Crippen molar-refractivity contribution in [3.8, 4) is 0 Å². The van der Waals surface area contributed by atoms with Gasteiger partial charge in [-0.25, -0.2) is 17.2 Å². The second-order valence-electron chi connectivity index (χ2n) is 3.83. The van der Waals surface area contributed by atoms with Crippen LogP contribution in [0.3, 0.4) is 0 Å². The normalized spacial score (nSPS) is 12.3. The lowest BCUT2D eigenvalue weighted by molar-refractivity contribution is -0.132. The fourth-order valence-electron chi connectivity index (χ4n) is 1.28. The number of benzene rings is 1. The third kappa shape index (κ3) is 5.12. The van der Waals surface area contributed by atoms with Crippen LogP contribution in [0, 0.1) is 11.6 Å². The lowest BCUT2D eigenvalue weighted by Crippen LogP contribution is -2.29. The van der Waals surface area contributed by atoms with E-state index in [0.29, 0.717) is 6.07 Å². The minimum atomic E-state index is -4.54. The summed E-state index contributed by atoms with van der Waals surface area (Å²) in [4.78, 5) is 10.6. The van der Waals surface area contributed by atoms with Gasteiger partial charge in [0.1, 0.15) is 0 Å². The zero-order valence-corrected chi connectivity index (χ0v) is 11.5. The number of alkyl halides is 3. The van der Waals surface area contributed by atoms with Crippen molar-refractivity contribution in [3.05, 3.63) is 29.3 Å². The van der Waals surface area contributed by atoms with Crippen LogP contribution in [0.2, 0.25) is 0 Å². The van der Waals surface area contributed by atoms with Crippen molar-refractivity contribution in [2.24, 2.45) is 0 Å². The van der Waals surface area contributed by atoms with Crippen molar-refractivity contribution in [2.45, 2.75) is 17.5 Å². The molecule has 1 rings (SSSR count). The Morgan fingerprint density at radius 3 is 2.29 bits per heavy atom. The molecular formula is C10H7ClF5NO3S. The van der Waals surface area contributed by atoms with E-state index in [1.165, 1.54) is 0 Å². The Kier molecular flexibility index (Phi) is 5.16. The van der Waals surface area contributed by atoms with Gasteiger partial charge in [-0.3, -0.25) is 4.79 Å². The van der Waals surface area contributed by atoms with Crippen LogP contribution in [0.5, 0.6) is 0 Å². The maximum Gasteiger partial charge on any atom is 0.390 e. The van der Waals surface area contributed by atoms with Crippen molar-refractivity contribution in [1.82, 2.24) is 5.32 Å². The molecule has 0 atom stereocenters. The molecule has 0 aliphatic carbocycles. The van der Waals surface area contributed by atoms with Crippen molar-refractivity contribution >= 4 is 25.6 Å². The Bertz CT molecular complexity index is 659. The van der Waals surface area contributed by atoms with Crippen LogP contribution < -0.4 is 5.32 Å². The summed E-state index contributed by atoms with van der Waals surface area (Å²) in [5, 5.41) is 1.70. The molecule has 1 aromatic carbocycles. The van der Waals surface area contributed by atoms with Gasteiger partial charge >= 0.3 is 6.18 Å². The lowest BCUT2D eigenvalue weighted by Gasteiger charge is -2.09. The first-order chi connectivity index (χ1) is 9.42. The maximum absolute atomic E-state index is 13.4. The zero-order valence-electron chi connectivity index (χ0n) is 9.97. The number of hydrogen-bond acceptors (Lipinski definition) is 3. The predicted molar refractivity (Wildman–Crippen MR) is 62.4 cm³/mol. The molecule has 0 saturated heterocycles. The van der Waals surface area contributed by atoms with Gasteiger partial charge in [0.25, 0.3) is 15.0 Å². The van der Waals surface area contributed by atoms with E-state index in [9.17, 15) is 35.2 Å². The summed E-state index contributed by atoms with van der Waals surface area (Å²) in [6.45, 7) is -0.874. The molecule has 0 unspecified atom stereocenters. The monoisotopic (exact) mass is 351 g/mol. The van der Waals surface area contributed by atoms with Crippen LogP contribution in [0.4, 0.5) is 22.0 Å². The Morgan fingerprint density at radius 2 is 1.81 bits per heavy atom. The van der Waals surface area contributed by atoms with Gasteiger partial charge in [0.05, 0.1) is 16.9 Å². The first kappa shape index (κ1) is 17.6. The molecule has 1 N–H and O–H groups in total. The lowest BCUT2D eigenvalue weighted by atomic mass is 10.2. The maximum atomic E-state index is 13.4. The van der Waals surface area contributed by atoms with Crippen molar-refractivity contribution in [3.63, 3.8) is 0 Å². The smallest absolute Gasteiger partial charge is 0.352 e. The Balaban J connectivity index is 3.02. The number of carbonyl (C=O) groups is 1. The highest BCUT2D eigenvalue weighted by atomic mass is 35.7. The third-order valence-electron chi connectivity index (χ3n) is 2.22. The summed E-state index contributed by atoms with van der Waals surface area (Å²) in [7, 11) is 0.490. The van der Waals surface area contributed by atoms with Gasteiger partial charge in [-0.2, -0.15) is 13.2 Å².